The summed E-state index contributed by atoms with van der Waals surface area (Å²) >= 11 is 0. The molecule has 2 rings (SSSR count). The van der Waals surface area contributed by atoms with Crippen LogP contribution in [0.1, 0.15) is 52.0 Å². The van der Waals surface area contributed by atoms with E-state index in [0.717, 1.165) is 31.2 Å². The summed E-state index contributed by atoms with van der Waals surface area (Å²) in [5.74, 6) is 1.83. The van der Waals surface area contributed by atoms with E-state index in [1.807, 2.05) is 18.2 Å². The van der Waals surface area contributed by atoms with Gasteiger partial charge in [0.05, 0.1) is 0 Å². The topological polar surface area (TPSA) is 20.3 Å². The van der Waals surface area contributed by atoms with Crippen LogP contribution < -0.4 is 0 Å². The Bertz CT molecular complexity index is 418. The average Bonchev–Trinajstić information content (AvgIpc) is 2.45. The molecule has 0 unspecified atom stereocenters. The summed E-state index contributed by atoms with van der Waals surface area (Å²) in [5, 5.41) is 0. The smallest absolute Gasteiger partial charge is 0.219 e. The lowest BCUT2D eigenvalue weighted by atomic mass is 9.79. The van der Waals surface area contributed by atoms with Gasteiger partial charge in [0.15, 0.2) is 0 Å². The highest BCUT2D eigenvalue weighted by Crippen LogP contribution is 2.32. The first-order chi connectivity index (χ1) is 9.58. The minimum Gasteiger partial charge on any atom is -0.336 e. The molecular weight excluding hydrogens is 246 g/mol. The van der Waals surface area contributed by atoms with Crippen molar-refractivity contribution in [1.29, 1.82) is 0 Å². The monoisotopic (exact) mass is 273 g/mol. The van der Waals surface area contributed by atoms with Crippen molar-refractivity contribution in [3.8, 4) is 0 Å². The molecule has 0 bridgehead atoms. The maximum absolute atomic E-state index is 12.0. The van der Waals surface area contributed by atoms with Crippen molar-refractivity contribution in [2.45, 2.75) is 59.0 Å². The summed E-state index contributed by atoms with van der Waals surface area (Å²) in [7, 11) is 0. The van der Waals surface area contributed by atoms with E-state index in [9.17, 15) is 4.79 Å². The highest BCUT2D eigenvalue weighted by Gasteiger charge is 2.28. The Labute approximate surface area is 123 Å². The number of amides is 1. The van der Waals surface area contributed by atoms with Gasteiger partial charge in [0, 0.05) is 19.5 Å². The first kappa shape index (κ1) is 15.1. The first-order valence-corrected chi connectivity index (χ1v) is 7.89. The van der Waals surface area contributed by atoms with Crippen LogP contribution >= 0.6 is 0 Å². The Kier molecular flexibility index (Phi) is 5.22. The Morgan fingerprint density at radius 1 is 1.15 bits per heavy atom. The molecule has 0 aromatic heterocycles. The first-order valence-electron chi connectivity index (χ1n) is 7.89. The van der Waals surface area contributed by atoms with Gasteiger partial charge in [-0.15, -0.1) is 0 Å². The molecule has 0 aliphatic heterocycles. The summed E-state index contributed by atoms with van der Waals surface area (Å²) in [4.78, 5) is 14.1. The zero-order valence-electron chi connectivity index (χ0n) is 13.0. The third-order valence-electron chi connectivity index (χ3n) is 4.73. The van der Waals surface area contributed by atoms with E-state index >= 15 is 0 Å². The Balaban J connectivity index is 1.98. The van der Waals surface area contributed by atoms with Crippen LogP contribution in [0.2, 0.25) is 0 Å². The number of benzene rings is 1. The Hall–Kier alpha value is -1.31. The third kappa shape index (κ3) is 3.84. The number of nitrogens with zero attached hydrogens (tertiary/aromatic N) is 1. The molecule has 1 amide bonds. The van der Waals surface area contributed by atoms with E-state index in [0.29, 0.717) is 6.04 Å². The molecule has 1 aromatic carbocycles. The molecule has 0 N–H and O–H groups in total. The lowest BCUT2D eigenvalue weighted by Crippen LogP contribution is -2.41. The predicted molar refractivity (Wildman–Crippen MR) is 83.3 cm³/mol. The lowest BCUT2D eigenvalue weighted by molar-refractivity contribution is -0.132. The zero-order valence-corrected chi connectivity index (χ0v) is 13.0. The van der Waals surface area contributed by atoms with E-state index in [-0.39, 0.29) is 5.91 Å². The van der Waals surface area contributed by atoms with Crippen molar-refractivity contribution in [2.24, 2.45) is 11.8 Å². The van der Waals surface area contributed by atoms with Crippen LogP contribution in [0.4, 0.5) is 0 Å². The molecule has 110 valence electrons. The molecule has 0 heterocycles. The summed E-state index contributed by atoms with van der Waals surface area (Å²) < 4.78 is 0. The van der Waals surface area contributed by atoms with Gasteiger partial charge in [-0.25, -0.2) is 0 Å². The van der Waals surface area contributed by atoms with Gasteiger partial charge in [-0.2, -0.15) is 0 Å². The van der Waals surface area contributed by atoms with Crippen LogP contribution in [0.15, 0.2) is 30.3 Å². The fraction of sp³-hybridized carbons (Fsp3) is 0.611. The van der Waals surface area contributed by atoms with Gasteiger partial charge in [-0.05, 0) is 43.1 Å². The molecule has 1 aliphatic rings. The van der Waals surface area contributed by atoms with E-state index < -0.39 is 0 Å². The molecule has 20 heavy (non-hydrogen) atoms. The van der Waals surface area contributed by atoms with Crippen molar-refractivity contribution in [3.05, 3.63) is 35.9 Å². The number of hydrogen-bond donors (Lipinski definition) is 0. The second-order valence-electron chi connectivity index (χ2n) is 6.45. The number of carbonyl (C=O) groups excluding carboxylic acids is 1. The number of carbonyl (C=O) groups is 1. The van der Waals surface area contributed by atoms with Crippen molar-refractivity contribution >= 4 is 5.91 Å². The molecule has 0 spiro atoms. The van der Waals surface area contributed by atoms with Gasteiger partial charge in [0.1, 0.15) is 0 Å². The molecule has 0 saturated heterocycles. The maximum Gasteiger partial charge on any atom is 0.219 e. The van der Waals surface area contributed by atoms with Gasteiger partial charge in [0.25, 0.3) is 0 Å². The zero-order chi connectivity index (χ0) is 14.5. The number of hydrogen-bond acceptors (Lipinski definition) is 1. The minimum absolute atomic E-state index is 0.210. The SMILES string of the molecule is CC(=O)N(Cc1ccccc1)C1CCC(C(C)C)CC1. The molecule has 1 fully saturated rings. The van der Waals surface area contributed by atoms with Gasteiger partial charge in [-0.1, -0.05) is 44.2 Å². The molecule has 2 heteroatoms. The van der Waals surface area contributed by atoms with Crippen LogP contribution in [-0.2, 0) is 11.3 Å². The van der Waals surface area contributed by atoms with Gasteiger partial charge in [-0.3, -0.25) is 4.79 Å². The van der Waals surface area contributed by atoms with Gasteiger partial charge >= 0.3 is 0 Å². The summed E-state index contributed by atoms with van der Waals surface area (Å²) in [6.07, 6.45) is 4.85. The van der Waals surface area contributed by atoms with Crippen LogP contribution in [0.5, 0.6) is 0 Å². The fourth-order valence-electron chi connectivity index (χ4n) is 3.36. The van der Waals surface area contributed by atoms with Crippen LogP contribution in [0.25, 0.3) is 0 Å². The normalized spacial score (nSPS) is 22.8. The fourth-order valence-corrected chi connectivity index (χ4v) is 3.36. The molecule has 0 atom stereocenters. The molecular formula is C18H27NO. The van der Waals surface area contributed by atoms with Crippen LogP contribution in [0.3, 0.4) is 0 Å². The quantitative estimate of drug-likeness (QED) is 0.803. The molecule has 1 aromatic rings. The Morgan fingerprint density at radius 2 is 1.75 bits per heavy atom. The van der Waals surface area contributed by atoms with Crippen LogP contribution in [-0.4, -0.2) is 16.8 Å². The predicted octanol–water partition coefficient (Wildman–Crippen LogP) is 4.25. The summed E-state index contributed by atoms with van der Waals surface area (Å²) in [6.45, 7) is 7.10. The van der Waals surface area contributed by atoms with E-state index in [4.69, 9.17) is 0 Å². The molecule has 1 saturated carbocycles. The molecule has 0 radical (unpaired) electrons. The van der Waals surface area contributed by atoms with E-state index in [2.05, 4.69) is 30.9 Å². The van der Waals surface area contributed by atoms with E-state index in [1.165, 1.54) is 18.4 Å². The second-order valence-corrected chi connectivity index (χ2v) is 6.45. The lowest BCUT2D eigenvalue weighted by Gasteiger charge is -2.37. The highest BCUT2D eigenvalue weighted by atomic mass is 16.2. The van der Waals surface area contributed by atoms with E-state index in [1.54, 1.807) is 6.92 Å². The van der Waals surface area contributed by atoms with Crippen molar-refractivity contribution in [3.63, 3.8) is 0 Å². The maximum atomic E-state index is 12.0. The third-order valence-corrected chi connectivity index (χ3v) is 4.73. The van der Waals surface area contributed by atoms with Crippen molar-refractivity contribution in [1.82, 2.24) is 4.90 Å². The summed E-state index contributed by atoms with van der Waals surface area (Å²) in [5.41, 5.74) is 1.23. The molecule has 1 aliphatic carbocycles. The average molecular weight is 273 g/mol. The van der Waals surface area contributed by atoms with Crippen LogP contribution in [0, 0.1) is 11.8 Å². The minimum atomic E-state index is 0.210. The highest BCUT2D eigenvalue weighted by molar-refractivity contribution is 5.73. The largest absolute Gasteiger partial charge is 0.336 e. The summed E-state index contributed by atoms with van der Waals surface area (Å²) in [6, 6.07) is 10.8. The van der Waals surface area contributed by atoms with Gasteiger partial charge in [0.2, 0.25) is 5.91 Å². The Morgan fingerprint density at radius 3 is 2.25 bits per heavy atom. The molecule has 2 nitrogen and oxygen atoms in total. The second kappa shape index (κ2) is 6.92. The van der Waals surface area contributed by atoms with Gasteiger partial charge < -0.3 is 4.90 Å². The standard InChI is InChI=1S/C18H27NO/c1-14(2)17-9-11-18(12-10-17)19(15(3)20)13-16-7-5-4-6-8-16/h4-8,14,17-18H,9-13H2,1-3H3. The van der Waals surface area contributed by atoms with Crippen molar-refractivity contribution < 1.29 is 4.79 Å². The van der Waals surface area contributed by atoms with Crippen molar-refractivity contribution in [2.75, 3.05) is 0 Å². The number of rotatable bonds is 4.